The minimum Gasteiger partial charge on any atom is -0.368 e. The van der Waals surface area contributed by atoms with Crippen molar-refractivity contribution in [2.24, 2.45) is 0 Å². The van der Waals surface area contributed by atoms with Gasteiger partial charge in [0.05, 0.1) is 29.8 Å². The van der Waals surface area contributed by atoms with Crippen molar-refractivity contribution in [3.05, 3.63) is 30.2 Å². The number of nitrogens with zero attached hydrogens (tertiary/aromatic N) is 4. The molecule has 9 heteroatoms. The maximum Gasteiger partial charge on any atom is 0.278 e. The van der Waals surface area contributed by atoms with Crippen molar-refractivity contribution in [3.63, 3.8) is 0 Å². The highest BCUT2D eigenvalue weighted by molar-refractivity contribution is 6.99. The van der Waals surface area contributed by atoms with Crippen LogP contribution in [0.3, 0.4) is 0 Å². The molecule has 7 nitrogen and oxygen atoms in total. The fourth-order valence-electron chi connectivity index (χ4n) is 2.02. The van der Waals surface area contributed by atoms with Crippen LogP contribution in [0.4, 0.5) is 11.5 Å². The summed E-state index contributed by atoms with van der Waals surface area (Å²) in [7, 11) is 0. The summed E-state index contributed by atoms with van der Waals surface area (Å²) in [5.41, 5.74) is 1.38. The zero-order valence-electron chi connectivity index (χ0n) is 11.2. The Bertz CT molecular complexity index is 570. The number of hydrogen-bond donors (Lipinski definition) is 2. The molecule has 0 spiro atoms. The van der Waals surface area contributed by atoms with Crippen molar-refractivity contribution in [3.8, 4) is 0 Å². The van der Waals surface area contributed by atoms with Gasteiger partial charge in [-0.05, 0) is 12.1 Å². The SMILES string of the molecule is Cl.O=C(Nc1ccc(N2CCNCC2)cn1)c1cnsn1. The molecule has 2 aromatic heterocycles. The molecule has 0 aromatic carbocycles. The lowest BCUT2D eigenvalue weighted by molar-refractivity contribution is 0.102. The van der Waals surface area contributed by atoms with Gasteiger partial charge in [-0.3, -0.25) is 4.79 Å². The molecule has 21 heavy (non-hydrogen) atoms. The lowest BCUT2D eigenvalue weighted by Gasteiger charge is -2.29. The quantitative estimate of drug-likeness (QED) is 0.876. The molecule has 3 rings (SSSR count). The Morgan fingerprint density at radius 1 is 1.29 bits per heavy atom. The van der Waals surface area contributed by atoms with Crippen LogP contribution < -0.4 is 15.5 Å². The van der Waals surface area contributed by atoms with Crippen LogP contribution in [0.5, 0.6) is 0 Å². The zero-order valence-corrected chi connectivity index (χ0v) is 12.8. The number of carbonyl (C=O) groups is 1. The van der Waals surface area contributed by atoms with Crippen molar-refractivity contribution in [1.29, 1.82) is 0 Å². The average Bonchev–Trinajstić information content (AvgIpc) is 3.03. The molecule has 1 aliphatic heterocycles. The van der Waals surface area contributed by atoms with E-state index in [2.05, 4.69) is 29.3 Å². The van der Waals surface area contributed by atoms with E-state index in [4.69, 9.17) is 0 Å². The van der Waals surface area contributed by atoms with Crippen LogP contribution in [-0.2, 0) is 0 Å². The number of rotatable bonds is 3. The summed E-state index contributed by atoms with van der Waals surface area (Å²) in [6.45, 7) is 3.90. The highest BCUT2D eigenvalue weighted by Gasteiger charge is 2.12. The summed E-state index contributed by atoms with van der Waals surface area (Å²) in [6, 6.07) is 3.77. The first-order valence-electron chi connectivity index (χ1n) is 6.33. The second kappa shape index (κ2) is 7.30. The van der Waals surface area contributed by atoms with E-state index in [-0.39, 0.29) is 18.3 Å². The molecule has 112 valence electrons. The van der Waals surface area contributed by atoms with Crippen LogP contribution in [-0.4, -0.2) is 45.8 Å². The van der Waals surface area contributed by atoms with Crippen molar-refractivity contribution in [2.45, 2.75) is 0 Å². The second-order valence-electron chi connectivity index (χ2n) is 4.39. The number of pyridine rings is 1. The molecule has 2 aromatic rings. The Morgan fingerprint density at radius 3 is 2.71 bits per heavy atom. The lowest BCUT2D eigenvalue weighted by Crippen LogP contribution is -2.43. The molecule has 3 heterocycles. The van der Waals surface area contributed by atoms with Gasteiger partial charge in [0, 0.05) is 26.2 Å². The molecule has 1 saturated heterocycles. The van der Waals surface area contributed by atoms with Gasteiger partial charge in [0.15, 0.2) is 5.69 Å². The Balaban J connectivity index is 0.00000161. The van der Waals surface area contributed by atoms with Crippen molar-refractivity contribution in [1.82, 2.24) is 19.0 Å². The highest BCUT2D eigenvalue weighted by Crippen LogP contribution is 2.15. The van der Waals surface area contributed by atoms with E-state index >= 15 is 0 Å². The third kappa shape index (κ3) is 3.87. The van der Waals surface area contributed by atoms with Gasteiger partial charge in [-0.25, -0.2) is 4.98 Å². The normalized spacial score (nSPS) is 14.4. The van der Waals surface area contributed by atoms with Gasteiger partial charge >= 0.3 is 0 Å². The summed E-state index contributed by atoms with van der Waals surface area (Å²) in [5, 5.41) is 6.00. The summed E-state index contributed by atoms with van der Waals surface area (Å²) in [5.74, 6) is 0.225. The number of aromatic nitrogens is 3. The lowest BCUT2D eigenvalue weighted by atomic mass is 10.3. The number of piperazine rings is 1. The molecule has 0 unspecified atom stereocenters. The molecular formula is C12H15ClN6OS. The first-order valence-corrected chi connectivity index (χ1v) is 7.06. The maximum atomic E-state index is 11.8. The van der Waals surface area contributed by atoms with E-state index in [9.17, 15) is 4.79 Å². The van der Waals surface area contributed by atoms with E-state index in [1.807, 2.05) is 6.07 Å². The number of halogens is 1. The molecule has 0 radical (unpaired) electrons. The summed E-state index contributed by atoms with van der Waals surface area (Å²) < 4.78 is 7.68. The van der Waals surface area contributed by atoms with Crippen molar-refractivity contribution < 1.29 is 4.79 Å². The molecular weight excluding hydrogens is 312 g/mol. The molecule has 0 aliphatic carbocycles. The summed E-state index contributed by atoms with van der Waals surface area (Å²) in [6.07, 6.45) is 3.22. The summed E-state index contributed by atoms with van der Waals surface area (Å²) >= 11 is 1.01. The fourth-order valence-corrected chi connectivity index (χ4v) is 2.43. The predicted octanol–water partition coefficient (Wildman–Crippen LogP) is 1.02. The molecule has 1 fully saturated rings. The van der Waals surface area contributed by atoms with Crippen LogP contribution >= 0.6 is 24.1 Å². The minimum absolute atomic E-state index is 0. The molecule has 2 N–H and O–H groups in total. The van der Waals surface area contributed by atoms with Gasteiger partial charge in [0.1, 0.15) is 5.82 Å². The third-order valence-corrected chi connectivity index (χ3v) is 3.54. The Morgan fingerprint density at radius 2 is 2.10 bits per heavy atom. The van der Waals surface area contributed by atoms with Gasteiger partial charge < -0.3 is 15.5 Å². The van der Waals surface area contributed by atoms with E-state index in [1.165, 1.54) is 6.20 Å². The van der Waals surface area contributed by atoms with Crippen LogP contribution in [0, 0.1) is 0 Å². The van der Waals surface area contributed by atoms with Crippen LogP contribution in [0.2, 0.25) is 0 Å². The molecule has 1 aliphatic rings. The van der Waals surface area contributed by atoms with Crippen LogP contribution in [0.15, 0.2) is 24.5 Å². The monoisotopic (exact) mass is 326 g/mol. The first-order chi connectivity index (χ1) is 9.83. The van der Waals surface area contributed by atoms with Gasteiger partial charge in [-0.2, -0.15) is 8.75 Å². The summed E-state index contributed by atoms with van der Waals surface area (Å²) in [4.78, 5) is 18.3. The van der Waals surface area contributed by atoms with E-state index in [1.54, 1.807) is 12.3 Å². The fraction of sp³-hybridized carbons (Fsp3) is 0.333. The molecule has 0 atom stereocenters. The minimum atomic E-state index is -0.291. The smallest absolute Gasteiger partial charge is 0.278 e. The van der Waals surface area contributed by atoms with Gasteiger partial charge in [-0.15, -0.1) is 12.4 Å². The number of amides is 1. The van der Waals surface area contributed by atoms with Crippen molar-refractivity contribution >= 4 is 41.5 Å². The molecule has 0 bridgehead atoms. The molecule has 1 amide bonds. The number of anilines is 2. The average molecular weight is 327 g/mol. The van der Waals surface area contributed by atoms with Crippen LogP contribution in [0.25, 0.3) is 0 Å². The number of hydrogen-bond acceptors (Lipinski definition) is 7. The van der Waals surface area contributed by atoms with E-state index in [0.29, 0.717) is 11.5 Å². The van der Waals surface area contributed by atoms with E-state index < -0.39 is 0 Å². The zero-order chi connectivity index (χ0) is 13.8. The maximum absolute atomic E-state index is 11.8. The predicted molar refractivity (Wildman–Crippen MR) is 84.4 cm³/mol. The first kappa shape index (κ1) is 15.6. The molecule has 0 saturated carbocycles. The van der Waals surface area contributed by atoms with E-state index in [0.717, 1.165) is 43.6 Å². The van der Waals surface area contributed by atoms with Gasteiger partial charge in [-0.1, -0.05) is 0 Å². The Hall–Kier alpha value is -1.77. The highest BCUT2D eigenvalue weighted by atomic mass is 35.5. The Kier molecular flexibility index (Phi) is 5.43. The third-order valence-electron chi connectivity index (χ3n) is 3.07. The topological polar surface area (TPSA) is 83.0 Å². The van der Waals surface area contributed by atoms with Crippen molar-refractivity contribution in [2.75, 3.05) is 36.4 Å². The van der Waals surface area contributed by atoms with Crippen LogP contribution in [0.1, 0.15) is 10.5 Å². The standard InChI is InChI=1S/C12H14N6OS.ClH/c19-12(10-8-15-20-17-10)16-11-2-1-9(7-14-11)18-5-3-13-4-6-18;/h1-2,7-8,13H,3-6H2,(H,14,16,19);1H. The Labute approximate surface area is 132 Å². The number of carbonyl (C=O) groups excluding carboxylic acids is 1. The van der Waals surface area contributed by atoms with Gasteiger partial charge in [0.25, 0.3) is 5.91 Å². The largest absolute Gasteiger partial charge is 0.368 e. The number of nitrogens with one attached hydrogen (secondary N) is 2. The van der Waals surface area contributed by atoms with Gasteiger partial charge in [0.2, 0.25) is 0 Å². The second-order valence-corrected chi connectivity index (χ2v) is 4.94.